The highest BCUT2D eigenvalue weighted by Crippen LogP contribution is 2.29. The lowest BCUT2D eigenvalue weighted by atomic mass is 9.85. The number of aliphatic hydroxyl groups excluding tert-OH is 1. The van der Waals surface area contributed by atoms with E-state index in [-0.39, 0.29) is 17.9 Å². The van der Waals surface area contributed by atoms with Crippen molar-refractivity contribution in [3.63, 3.8) is 0 Å². The number of amides is 2. The maximum atomic E-state index is 13.4. The Morgan fingerprint density at radius 2 is 1.97 bits per heavy atom. The lowest BCUT2D eigenvalue weighted by molar-refractivity contribution is -0.142. The second kappa shape index (κ2) is 10.8. The number of ether oxygens (including phenoxy) is 1. The van der Waals surface area contributed by atoms with Gasteiger partial charge in [-0.15, -0.1) is 0 Å². The second-order valence-electron chi connectivity index (χ2n) is 8.85. The topological polar surface area (TPSA) is 104 Å². The Morgan fingerprint density at radius 1 is 1.21 bits per heavy atom. The molecule has 2 amide bonds. The van der Waals surface area contributed by atoms with Crippen molar-refractivity contribution in [2.45, 2.75) is 44.2 Å². The zero-order valence-electron chi connectivity index (χ0n) is 18.9. The molecule has 2 saturated heterocycles. The third kappa shape index (κ3) is 5.69. The van der Waals surface area contributed by atoms with Crippen LogP contribution in [-0.4, -0.2) is 65.3 Å². The highest BCUT2D eigenvalue weighted by molar-refractivity contribution is 5.90. The summed E-state index contributed by atoms with van der Waals surface area (Å²) in [5.41, 5.74) is 2.34. The van der Waals surface area contributed by atoms with Crippen molar-refractivity contribution in [1.29, 1.82) is 0 Å². The zero-order valence-corrected chi connectivity index (χ0v) is 18.9. The third-order valence-corrected chi connectivity index (χ3v) is 6.60. The van der Waals surface area contributed by atoms with E-state index in [2.05, 4.69) is 27.8 Å². The van der Waals surface area contributed by atoms with Crippen molar-refractivity contribution in [2.75, 3.05) is 26.4 Å². The Kier molecular flexibility index (Phi) is 7.57. The van der Waals surface area contributed by atoms with Gasteiger partial charge < -0.3 is 25.4 Å². The minimum absolute atomic E-state index is 0.0632. The molecule has 0 unspecified atom stereocenters. The van der Waals surface area contributed by atoms with Gasteiger partial charge in [0.1, 0.15) is 12.8 Å². The number of pyridine rings is 1. The number of likely N-dealkylation sites (tertiary alicyclic amines) is 1. The molecule has 0 aliphatic carbocycles. The summed E-state index contributed by atoms with van der Waals surface area (Å²) in [6, 6.07) is 13.5. The molecule has 0 bridgehead atoms. The van der Waals surface area contributed by atoms with Crippen LogP contribution in [0.1, 0.15) is 36.3 Å². The number of rotatable bonds is 6. The Labute approximate surface area is 194 Å². The van der Waals surface area contributed by atoms with E-state index < -0.39 is 18.7 Å². The van der Waals surface area contributed by atoms with Crippen LogP contribution in [0.3, 0.4) is 0 Å². The van der Waals surface area contributed by atoms with Crippen LogP contribution in [0.25, 0.3) is 0 Å². The van der Waals surface area contributed by atoms with Crippen LogP contribution >= 0.6 is 0 Å². The minimum atomic E-state index is -0.643. The van der Waals surface area contributed by atoms with Crippen molar-refractivity contribution in [3.8, 4) is 5.88 Å². The van der Waals surface area contributed by atoms with Gasteiger partial charge in [-0.2, -0.15) is 0 Å². The van der Waals surface area contributed by atoms with Crippen molar-refractivity contribution >= 4 is 11.8 Å². The Balaban J connectivity index is 1.40. The van der Waals surface area contributed by atoms with E-state index in [0.29, 0.717) is 37.9 Å². The first kappa shape index (κ1) is 23.2. The first-order chi connectivity index (χ1) is 16.0. The fraction of sp³-hybridized carbons (Fsp3) is 0.480. The van der Waals surface area contributed by atoms with Crippen LogP contribution in [0.5, 0.6) is 5.88 Å². The lowest BCUT2D eigenvalue weighted by Crippen LogP contribution is -2.61. The number of piperidine rings is 2. The number of hydrogen-bond acceptors (Lipinski definition) is 6. The molecular formula is C25H32N4O4. The number of aliphatic hydroxyl groups is 1. The largest absolute Gasteiger partial charge is 0.473 e. The van der Waals surface area contributed by atoms with Gasteiger partial charge in [0, 0.05) is 31.9 Å². The quantitative estimate of drug-likeness (QED) is 0.575. The summed E-state index contributed by atoms with van der Waals surface area (Å²) in [4.78, 5) is 32.2. The lowest BCUT2D eigenvalue weighted by Gasteiger charge is -2.40. The average Bonchev–Trinajstić information content (AvgIpc) is 2.84. The Bertz CT molecular complexity index is 946. The molecule has 0 spiro atoms. The van der Waals surface area contributed by atoms with Crippen LogP contribution in [0, 0.1) is 12.8 Å². The SMILES string of the molecule is Cc1ccnc(O[C@@H]2CN[C@H](C(=O)N3CCC(c4ccccc4)CC3)[C@@H](C(=O)NCO)C2)c1. The van der Waals surface area contributed by atoms with E-state index in [1.54, 1.807) is 6.20 Å². The van der Waals surface area contributed by atoms with Crippen LogP contribution in [0.15, 0.2) is 48.7 Å². The molecule has 2 fully saturated rings. The predicted octanol–water partition coefficient (Wildman–Crippen LogP) is 1.59. The van der Waals surface area contributed by atoms with E-state index in [0.717, 1.165) is 18.4 Å². The maximum Gasteiger partial charge on any atom is 0.240 e. The first-order valence-corrected chi connectivity index (χ1v) is 11.6. The molecule has 176 valence electrons. The van der Waals surface area contributed by atoms with E-state index in [1.165, 1.54) is 5.56 Å². The van der Waals surface area contributed by atoms with Crippen molar-refractivity contribution < 1.29 is 19.4 Å². The van der Waals surface area contributed by atoms with Gasteiger partial charge in [0.15, 0.2) is 0 Å². The number of aryl methyl sites for hydroxylation is 1. The predicted molar refractivity (Wildman–Crippen MR) is 124 cm³/mol. The maximum absolute atomic E-state index is 13.4. The molecule has 1 aromatic carbocycles. The third-order valence-electron chi connectivity index (χ3n) is 6.60. The summed E-state index contributed by atoms with van der Waals surface area (Å²) in [5.74, 6) is -0.113. The number of nitrogens with one attached hydrogen (secondary N) is 2. The molecule has 2 aliphatic rings. The number of carbonyl (C=O) groups is 2. The molecular weight excluding hydrogens is 420 g/mol. The van der Waals surface area contributed by atoms with Gasteiger partial charge in [-0.3, -0.25) is 9.59 Å². The van der Waals surface area contributed by atoms with E-state index in [4.69, 9.17) is 4.74 Å². The van der Waals surface area contributed by atoms with Crippen LogP contribution in [-0.2, 0) is 9.59 Å². The van der Waals surface area contributed by atoms with Crippen molar-refractivity contribution in [1.82, 2.24) is 20.5 Å². The van der Waals surface area contributed by atoms with Crippen molar-refractivity contribution in [3.05, 3.63) is 59.8 Å². The van der Waals surface area contributed by atoms with Gasteiger partial charge in [-0.1, -0.05) is 30.3 Å². The summed E-state index contributed by atoms with van der Waals surface area (Å²) in [6.45, 7) is 3.26. The van der Waals surface area contributed by atoms with E-state index in [9.17, 15) is 14.7 Å². The van der Waals surface area contributed by atoms with Gasteiger partial charge in [0.05, 0.1) is 12.0 Å². The molecule has 2 aliphatic heterocycles. The highest BCUT2D eigenvalue weighted by Gasteiger charge is 2.42. The number of benzene rings is 1. The van der Waals surface area contributed by atoms with Gasteiger partial charge in [0.2, 0.25) is 17.7 Å². The fourth-order valence-electron chi connectivity index (χ4n) is 4.82. The van der Waals surface area contributed by atoms with Gasteiger partial charge in [0.25, 0.3) is 0 Å². The molecule has 8 heteroatoms. The normalized spacial score (nSPS) is 23.7. The summed E-state index contributed by atoms with van der Waals surface area (Å²) >= 11 is 0. The minimum Gasteiger partial charge on any atom is -0.473 e. The molecule has 3 N–H and O–H groups in total. The van der Waals surface area contributed by atoms with E-state index >= 15 is 0 Å². The smallest absolute Gasteiger partial charge is 0.240 e. The molecule has 33 heavy (non-hydrogen) atoms. The molecule has 3 heterocycles. The molecule has 8 nitrogen and oxygen atoms in total. The number of carbonyl (C=O) groups excluding carboxylic acids is 2. The number of hydrogen-bond donors (Lipinski definition) is 3. The van der Waals surface area contributed by atoms with Gasteiger partial charge >= 0.3 is 0 Å². The van der Waals surface area contributed by atoms with Gasteiger partial charge in [-0.05, 0) is 49.3 Å². The molecule has 1 aromatic heterocycles. The van der Waals surface area contributed by atoms with Crippen LogP contribution in [0.4, 0.5) is 0 Å². The molecule has 3 atom stereocenters. The average molecular weight is 453 g/mol. The van der Waals surface area contributed by atoms with Gasteiger partial charge in [-0.25, -0.2) is 4.98 Å². The van der Waals surface area contributed by atoms with Crippen LogP contribution < -0.4 is 15.4 Å². The highest BCUT2D eigenvalue weighted by atomic mass is 16.5. The Morgan fingerprint density at radius 3 is 2.67 bits per heavy atom. The first-order valence-electron chi connectivity index (χ1n) is 11.6. The summed E-state index contributed by atoms with van der Waals surface area (Å²) in [5, 5.41) is 14.9. The number of nitrogens with zero attached hydrogens (tertiary/aromatic N) is 2. The summed E-state index contributed by atoms with van der Waals surface area (Å²) < 4.78 is 5.99. The molecule has 4 rings (SSSR count). The molecule has 0 saturated carbocycles. The van der Waals surface area contributed by atoms with Crippen LogP contribution in [0.2, 0.25) is 0 Å². The zero-order chi connectivity index (χ0) is 23.2. The summed E-state index contributed by atoms with van der Waals surface area (Å²) in [7, 11) is 0. The molecule has 2 aromatic rings. The Hall–Kier alpha value is -2.97. The van der Waals surface area contributed by atoms with E-state index in [1.807, 2.05) is 42.2 Å². The van der Waals surface area contributed by atoms with Crippen molar-refractivity contribution in [2.24, 2.45) is 5.92 Å². The standard InChI is InChI=1S/C25H32N4O4/c1-17-7-10-26-22(13-17)33-20-14-21(24(31)28-16-30)23(27-15-20)25(32)29-11-8-19(9-12-29)18-5-3-2-4-6-18/h2-7,10,13,19-21,23,27,30H,8-9,11-12,14-16H2,1H3,(H,28,31)/t20-,21-,23-/m0/s1. The fourth-order valence-corrected chi connectivity index (χ4v) is 4.82. The molecule has 0 radical (unpaired) electrons. The number of aromatic nitrogens is 1. The monoisotopic (exact) mass is 452 g/mol. The second-order valence-corrected chi connectivity index (χ2v) is 8.85. The summed E-state index contributed by atoms with van der Waals surface area (Å²) in [6.07, 6.45) is 3.55.